The van der Waals surface area contributed by atoms with Gasteiger partial charge in [-0.15, -0.1) is 0 Å². The fourth-order valence-corrected chi connectivity index (χ4v) is 12.2. The second-order valence-corrected chi connectivity index (χ2v) is 29.1. The molecule has 3 N–H and O–H groups in total. The average Bonchev–Trinajstić information content (AvgIpc) is 3.70. The Morgan fingerprint density at radius 3 is 0.764 bits per heavy atom. The van der Waals surface area contributed by atoms with Crippen LogP contribution in [0.1, 0.15) is 356 Å². The number of aliphatic hydroxyl groups excluding tert-OH is 1. The van der Waals surface area contributed by atoms with Crippen molar-refractivity contribution in [1.82, 2.24) is 0 Å². The Labute approximate surface area is 543 Å². The highest BCUT2D eigenvalue weighted by atomic mass is 31.2. The van der Waals surface area contributed by atoms with Crippen molar-refractivity contribution in [2.75, 3.05) is 39.6 Å². The smallest absolute Gasteiger partial charge is 0.462 e. The molecule has 0 spiro atoms. The first-order valence-electron chi connectivity index (χ1n) is 36.5. The van der Waals surface area contributed by atoms with Gasteiger partial charge in [0.1, 0.15) is 19.3 Å². The number of phosphoric ester groups is 2. The summed E-state index contributed by atoms with van der Waals surface area (Å²) in [5.41, 5.74) is 0. The Balaban J connectivity index is 5.10. The van der Waals surface area contributed by atoms with Crippen LogP contribution in [0.3, 0.4) is 0 Å². The molecule has 0 saturated heterocycles. The second-order valence-electron chi connectivity index (χ2n) is 26.2. The van der Waals surface area contributed by atoms with E-state index >= 15 is 0 Å². The molecule has 0 rings (SSSR count). The van der Waals surface area contributed by atoms with E-state index in [1.165, 1.54) is 154 Å². The molecule has 0 radical (unpaired) electrons. The van der Waals surface area contributed by atoms with Gasteiger partial charge in [-0.05, 0) is 37.5 Å². The normalized spacial score (nSPS) is 14.1. The average molecular weight is 1310 g/mol. The van der Waals surface area contributed by atoms with E-state index in [-0.39, 0.29) is 25.7 Å². The molecule has 17 nitrogen and oxygen atoms in total. The molecule has 0 fully saturated rings. The zero-order valence-corrected chi connectivity index (χ0v) is 59.5. The van der Waals surface area contributed by atoms with Gasteiger partial charge in [-0.25, -0.2) is 9.13 Å². The maximum absolute atomic E-state index is 13.0. The maximum Gasteiger partial charge on any atom is 0.472 e. The summed E-state index contributed by atoms with van der Waals surface area (Å²) in [4.78, 5) is 72.1. The SMILES string of the molecule is CCCCCCCCCC(=O)O[C@H](COC(=O)CCCCCCC)COP(=O)(O)OC[C@H](O)COP(=O)(O)OC[C@@H](COC(=O)CCCCCCCCCCCCCCCCCC(C)C)OC(=O)CCCCCCCCCCCCCCCCCCC(C)C. The Kier molecular flexibility index (Phi) is 60.8. The number of ether oxygens (including phenoxy) is 4. The molecule has 0 aliphatic rings. The van der Waals surface area contributed by atoms with Crippen LogP contribution in [0, 0.1) is 11.8 Å². The first-order chi connectivity index (χ1) is 42.9. The summed E-state index contributed by atoms with van der Waals surface area (Å²) in [7, 11) is -9.88. The molecule has 0 amide bonds. The molecule has 2 unspecified atom stereocenters. The predicted octanol–water partition coefficient (Wildman–Crippen LogP) is 20.0. The second kappa shape index (κ2) is 62.2. The molecule has 89 heavy (non-hydrogen) atoms. The number of hydrogen-bond acceptors (Lipinski definition) is 15. The quantitative estimate of drug-likeness (QED) is 0.0222. The van der Waals surface area contributed by atoms with E-state index in [0.717, 1.165) is 121 Å². The van der Waals surface area contributed by atoms with Crippen LogP contribution in [0.25, 0.3) is 0 Å². The number of rotatable bonds is 69. The van der Waals surface area contributed by atoms with E-state index in [1.807, 2.05) is 0 Å². The molecule has 0 aliphatic carbocycles. The van der Waals surface area contributed by atoms with Crippen LogP contribution in [-0.2, 0) is 65.4 Å². The van der Waals surface area contributed by atoms with E-state index in [9.17, 15) is 43.2 Å². The van der Waals surface area contributed by atoms with E-state index in [4.69, 9.17) is 37.0 Å². The molecule has 5 atom stereocenters. The van der Waals surface area contributed by atoms with E-state index < -0.39 is 97.5 Å². The Morgan fingerprint density at radius 1 is 0.303 bits per heavy atom. The van der Waals surface area contributed by atoms with Gasteiger partial charge in [0, 0.05) is 25.7 Å². The molecule has 528 valence electrons. The van der Waals surface area contributed by atoms with Crippen LogP contribution in [0.2, 0.25) is 0 Å². The van der Waals surface area contributed by atoms with Crippen LogP contribution >= 0.6 is 15.6 Å². The predicted molar refractivity (Wildman–Crippen MR) is 358 cm³/mol. The lowest BCUT2D eigenvalue weighted by molar-refractivity contribution is -0.161. The lowest BCUT2D eigenvalue weighted by atomic mass is 10.0. The molecule has 0 bridgehead atoms. The van der Waals surface area contributed by atoms with Gasteiger partial charge in [0.05, 0.1) is 26.4 Å². The van der Waals surface area contributed by atoms with Gasteiger partial charge in [-0.2, -0.15) is 0 Å². The molecular weight excluding hydrogens is 1170 g/mol. The molecule has 0 aromatic carbocycles. The molecule has 0 saturated carbocycles. The molecule has 0 aliphatic heterocycles. The fourth-order valence-electron chi connectivity index (χ4n) is 10.6. The highest BCUT2D eigenvalue weighted by Crippen LogP contribution is 2.45. The summed E-state index contributed by atoms with van der Waals surface area (Å²) in [6.45, 7) is 9.47. The number of phosphoric acid groups is 2. The summed E-state index contributed by atoms with van der Waals surface area (Å²) >= 11 is 0. The van der Waals surface area contributed by atoms with Crippen molar-refractivity contribution in [1.29, 1.82) is 0 Å². The first-order valence-corrected chi connectivity index (χ1v) is 39.5. The van der Waals surface area contributed by atoms with Crippen LogP contribution in [0.4, 0.5) is 0 Å². The van der Waals surface area contributed by atoms with Gasteiger partial charge < -0.3 is 33.8 Å². The number of hydrogen-bond donors (Lipinski definition) is 3. The Hall–Kier alpha value is -1.94. The number of unbranched alkanes of at least 4 members (excludes halogenated alkanes) is 39. The number of aliphatic hydroxyl groups is 1. The third kappa shape index (κ3) is 64.6. The van der Waals surface area contributed by atoms with Gasteiger partial charge in [-0.1, -0.05) is 305 Å². The number of carbonyl (C=O) groups is 4. The van der Waals surface area contributed by atoms with Crippen molar-refractivity contribution in [2.24, 2.45) is 11.8 Å². The van der Waals surface area contributed by atoms with E-state index in [0.29, 0.717) is 25.7 Å². The number of esters is 4. The van der Waals surface area contributed by atoms with Gasteiger partial charge in [0.2, 0.25) is 0 Å². The van der Waals surface area contributed by atoms with E-state index in [2.05, 4.69) is 41.5 Å². The van der Waals surface area contributed by atoms with Crippen molar-refractivity contribution in [2.45, 2.75) is 374 Å². The van der Waals surface area contributed by atoms with Crippen LogP contribution in [-0.4, -0.2) is 96.7 Å². The number of carbonyl (C=O) groups excluding carboxylic acids is 4. The van der Waals surface area contributed by atoms with E-state index in [1.54, 1.807) is 0 Å². The topological polar surface area (TPSA) is 237 Å². The van der Waals surface area contributed by atoms with Crippen molar-refractivity contribution in [3.05, 3.63) is 0 Å². The summed E-state index contributed by atoms with van der Waals surface area (Å²) in [6, 6.07) is 0. The van der Waals surface area contributed by atoms with Crippen LogP contribution < -0.4 is 0 Å². The molecule has 19 heteroatoms. The lowest BCUT2D eigenvalue weighted by Crippen LogP contribution is -2.30. The third-order valence-electron chi connectivity index (χ3n) is 16.2. The molecule has 0 aromatic heterocycles. The van der Waals surface area contributed by atoms with Crippen molar-refractivity contribution in [3.8, 4) is 0 Å². The zero-order valence-electron chi connectivity index (χ0n) is 57.7. The maximum atomic E-state index is 13.0. The molecular formula is C70H136O17P2. The minimum absolute atomic E-state index is 0.103. The highest BCUT2D eigenvalue weighted by molar-refractivity contribution is 7.47. The minimum Gasteiger partial charge on any atom is -0.462 e. The monoisotopic (exact) mass is 1310 g/mol. The summed E-state index contributed by atoms with van der Waals surface area (Å²) in [5, 5.41) is 10.5. The lowest BCUT2D eigenvalue weighted by Gasteiger charge is -2.21. The van der Waals surface area contributed by atoms with Crippen LogP contribution in [0.5, 0.6) is 0 Å². The van der Waals surface area contributed by atoms with Crippen molar-refractivity contribution in [3.63, 3.8) is 0 Å². The minimum atomic E-state index is -4.95. The molecule has 0 aromatic rings. The van der Waals surface area contributed by atoms with Crippen molar-refractivity contribution < 1.29 is 80.2 Å². The largest absolute Gasteiger partial charge is 0.472 e. The summed E-state index contributed by atoms with van der Waals surface area (Å²) in [6.07, 6.45) is 47.9. The van der Waals surface area contributed by atoms with Crippen molar-refractivity contribution >= 4 is 39.5 Å². The van der Waals surface area contributed by atoms with Gasteiger partial charge in [0.15, 0.2) is 12.2 Å². The summed E-state index contributed by atoms with van der Waals surface area (Å²) in [5.74, 6) is -0.525. The third-order valence-corrected chi connectivity index (χ3v) is 18.1. The van der Waals surface area contributed by atoms with Crippen LogP contribution in [0.15, 0.2) is 0 Å². The van der Waals surface area contributed by atoms with Gasteiger partial charge >= 0.3 is 39.5 Å². The zero-order chi connectivity index (χ0) is 65.7. The standard InChI is InChI=1S/C70H136O17P2/c1-7-9-11-13-33-42-48-54-69(74)86-65(58-80-67(72)52-46-38-12-10-8-2)60-84-88(76,77)82-56-64(71)57-83-89(78,79)85-61-66(59-81-68(73)53-47-41-36-31-27-23-20-16-18-22-26-30-35-40-45-51-63(5)6)87-70(75)55-49-43-37-32-28-24-19-15-14-17-21-25-29-34-39-44-50-62(3)4/h62-66,71H,7-61H2,1-6H3,(H,76,77)(H,78,79)/t64-,65+,66+/m0/s1. The Bertz CT molecular complexity index is 1730. The van der Waals surface area contributed by atoms with Gasteiger partial charge in [0.25, 0.3) is 0 Å². The summed E-state index contributed by atoms with van der Waals surface area (Å²) < 4.78 is 67.9. The highest BCUT2D eigenvalue weighted by Gasteiger charge is 2.30. The first kappa shape index (κ1) is 87.1. The fraction of sp³-hybridized carbons (Fsp3) is 0.943. The van der Waals surface area contributed by atoms with Gasteiger partial charge in [-0.3, -0.25) is 37.3 Å². The molecule has 0 heterocycles. The Morgan fingerprint density at radius 2 is 0.517 bits per heavy atom.